The van der Waals surface area contributed by atoms with E-state index in [9.17, 15) is 27.1 Å². The molecule has 0 radical (unpaired) electrons. The van der Waals surface area contributed by atoms with Crippen LogP contribution < -0.4 is 14.8 Å². The van der Waals surface area contributed by atoms with Crippen LogP contribution in [0.1, 0.15) is 24.1 Å². The largest absolute Gasteiger partial charge is 0.390 e. The van der Waals surface area contributed by atoms with Gasteiger partial charge in [-0.2, -0.15) is 8.42 Å². The lowest BCUT2D eigenvalue weighted by Crippen LogP contribution is -2.49. The molecule has 0 fully saturated rings. The Bertz CT molecular complexity index is 1010. The van der Waals surface area contributed by atoms with Crippen molar-refractivity contribution in [2.24, 2.45) is 0 Å². The Morgan fingerprint density at radius 1 is 1.23 bits per heavy atom. The van der Waals surface area contributed by atoms with Crippen LogP contribution in [0.4, 0.5) is 8.78 Å². The number of aliphatic hydroxyl groups excluding tert-OH is 1. The number of carbonyl (C=O) groups is 1. The number of nitrogens with one attached hydrogen (secondary N) is 2. The van der Waals surface area contributed by atoms with Gasteiger partial charge in [-0.1, -0.05) is 18.2 Å². The third-order valence-corrected chi connectivity index (χ3v) is 5.86. The molecule has 3 rings (SSSR count). The maximum atomic E-state index is 13.5. The summed E-state index contributed by atoms with van der Waals surface area (Å²) < 4.78 is 56.0. The Morgan fingerprint density at radius 3 is 2.57 bits per heavy atom. The molecule has 7 nitrogen and oxygen atoms in total. The Hall–Kier alpha value is -2.56. The molecule has 3 atom stereocenters. The number of benzene rings is 2. The Labute approximate surface area is 173 Å². The molecule has 1 aliphatic heterocycles. The first-order valence-corrected chi connectivity index (χ1v) is 10.9. The lowest BCUT2D eigenvalue weighted by molar-refractivity contribution is -0.120. The van der Waals surface area contributed by atoms with Gasteiger partial charge in [-0.25, -0.2) is 8.78 Å². The monoisotopic (exact) mass is 440 g/mol. The molecule has 0 spiro atoms. The molecule has 3 N–H and O–H groups in total. The van der Waals surface area contributed by atoms with Gasteiger partial charge >= 0.3 is 10.1 Å². The summed E-state index contributed by atoms with van der Waals surface area (Å²) in [4.78, 5) is 11.6. The lowest BCUT2D eigenvalue weighted by Gasteiger charge is -2.29. The molecule has 0 aromatic heterocycles. The van der Waals surface area contributed by atoms with Crippen LogP contribution >= 0.6 is 0 Å². The van der Waals surface area contributed by atoms with Gasteiger partial charge in [-0.3, -0.25) is 4.79 Å². The van der Waals surface area contributed by atoms with E-state index in [0.29, 0.717) is 5.56 Å². The standard InChI is InChI=1S/C20H22F2N2O5S/c1-12(25)24-17(8-13-6-14(21)9-15(22)7-13)19(26)10-23-18-11-30(27,28)29-20-5-3-2-4-16(18)20/h2-7,9,17-19,23,26H,8,10-11H2,1H3,(H,24,25)/t17-,18?,19+/m0/s1. The summed E-state index contributed by atoms with van der Waals surface area (Å²) in [5.74, 6) is -2.05. The number of hydrogen-bond acceptors (Lipinski definition) is 6. The highest BCUT2D eigenvalue weighted by Crippen LogP contribution is 2.32. The second-order valence-electron chi connectivity index (χ2n) is 7.16. The average Bonchev–Trinajstić information content (AvgIpc) is 2.63. The summed E-state index contributed by atoms with van der Waals surface area (Å²) in [7, 11) is -3.79. The van der Waals surface area contributed by atoms with E-state index in [1.165, 1.54) is 13.0 Å². The molecule has 1 amide bonds. The summed E-state index contributed by atoms with van der Waals surface area (Å²) in [6.45, 7) is 1.19. The molecular weight excluding hydrogens is 418 g/mol. The number of hydrogen-bond donors (Lipinski definition) is 3. The summed E-state index contributed by atoms with van der Waals surface area (Å²) in [5.41, 5.74) is 0.895. The van der Waals surface area contributed by atoms with Crippen molar-refractivity contribution in [3.8, 4) is 5.75 Å². The predicted octanol–water partition coefficient (Wildman–Crippen LogP) is 1.43. The second kappa shape index (κ2) is 9.07. The van der Waals surface area contributed by atoms with E-state index in [2.05, 4.69) is 10.6 Å². The summed E-state index contributed by atoms with van der Waals surface area (Å²) in [5, 5.41) is 16.2. The van der Waals surface area contributed by atoms with Gasteiger partial charge in [0.15, 0.2) is 0 Å². The highest BCUT2D eigenvalue weighted by molar-refractivity contribution is 7.87. The van der Waals surface area contributed by atoms with Crippen LogP contribution in [-0.2, 0) is 21.3 Å². The minimum Gasteiger partial charge on any atom is -0.390 e. The van der Waals surface area contributed by atoms with Crippen LogP contribution in [0.2, 0.25) is 0 Å². The van der Waals surface area contributed by atoms with Gasteiger partial charge in [0.05, 0.1) is 18.2 Å². The molecule has 0 saturated heterocycles. The summed E-state index contributed by atoms with van der Waals surface area (Å²) >= 11 is 0. The van der Waals surface area contributed by atoms with Gasteiger partial charge in [-0.15, -0.1) is 0 Å². The number of carbonyl (C=O) groups excluding carboxylic acids is 1. The first kappa shape index (κ1) is 22.1. The molecule has 2 aromatic rings. The molecule has 0 saturated carbocycles. The van der Waals surface area contributed by atoms with Gasteiger partial charge in [0.25, 0.3) is 0 Å². The third-order valence-electron chi connectivity index (χ3n) is 4.69. The van der Waals surface area contributed by atoms with Crippen LogP contribution in [0.25, 0.3) is 0 Å². The smallest absolute Gasteiger partial charge is 0.311 e. The quantitative estimate of drug-likeness (QED) is 0.563. The zero-order valence-corrected chi connectivity index (χ0v) is 17.0. The molecule has 1 unspecified atom stereocenters. The molecule has 1 heterocycles. The van der Waals surface area contributed by atoms with Crippen LogP contribution in [0.5, 0.6) is 5.75 Å². The normalized spacial score (nSPS) is 19.3. The van der Waals surface area contributed by atoms with Crippen LogP contribution in [0.15, 0.2) is 42.5 Å². The first-order chi connectivity index (χ1) is 14.1. The molecular formula is C20H22F2N2O5S. The van der Waals surface area contributed by atoms with E-state index >= 15 is 0 Å². The molecule has 2 aromatic carbocycles. The van der Waals surface area contributed by atoms with Crippen LogP contribution in [0.3, 0.4) is 0 Å². The maximum absolute atomic E-state index is 13.5. The maximum Gasteiger partial charge on any atom is 0.311 e. The van der Waals surface area contributed by atoms with E-state index in [1.54, 1.807) is 18.2 Å². The van der Waals surface area contributed by atoms with Crippen molar-refractivity contribution >= 4 is 16.0 Å². The number of para-hydroxylation sites is 1. The lowest BCUT2D eigenvalue weighted by atomic mass is 10.00. The summed E-state index contributed by atoms with van der Waals surface area (Å²) in [6, 6.07) is 8.16. The van der Waals surface area contributed by atoms with Gasteiger partial charge in [0.2, 0.25) is 5.91 Å². The molecule has 0 aliphatic carbocycles. The van der Waals surface area contributed by atoms with E-state index in [-0.39, 0.29) is 30.0 Å². The minimum absolute atomic E-state index is 0.0141. The second-order valence-corrected chi connectivity index (χ2v) is 8.78. The van der Waals surface area contributed by atoms with Crippen molar-refractivity contribution < 1.29 is 31.3 Å². The topological polar surface area (TPSA) is 105 Å². The number of amides is 1. The van der Waals surface area contributed by atoms with Crippen molar-refractivity contribution in [3.05, 3.63) is 65.2 Å². The molecule has 1 aliphatic rings. The molecule has 10 heteroatoms. The van der Waals surface area contributed by atoms with E-state index in [0.717, 1.165) is 18.2 Å². The van der Waals surface area contributed by atoms with E-state index < -0.39 is 45.8 Å². The fourth-order valence-electron chi connectivity index (χ4n) is 3.41. The fraction of sp³-hybridized carbons (Fsp3) is 0.350. The van der Waals surface area contributed by atoms with Crippen LogP contribution in [-0.4, -0.2) is 43.9 Å². The fourth-order valence-corrected chi connectivity index (χ4v) is 4.61. The predicted molar refractivity (Wildman–Crippen MR) is 105 cm³/mol. The highest BCUT2D eigenvalue weighted by atomic mass is 32.2. The highest BCUT2D eigenvalue weighted by Gasteiger charge is 2.32. The van der Waals surface area contributed by atoms with Crippen molar-refractivity contribution in [1.82, 2.24) is 10.6 Å². The van der Waals surface area contributed by atoms with Gasteiger partial charge < -0.3 is 19.9 Å². The minimum atomic E-state index is -3.79. The van der Waals surface area contributed by atoms with Gasteiger partial charge in [0.1, 0.15) is 23.1 Å². The number of fused-ring (bicyclic) bond motifs is 1. The Kier molecular flexibility index (Phi) is 6.69. The zero-order chi connectivity index (χ0) is 21.9. The van der Waals surface area contributed by atoms with Crippen molar-refractivity contribution in [2.45, 2.75) is 31.5 Å². The number of rotatable bonds is 7. The van der Waals surface area contributed by atoms with Crippen molar-refractivity contribution in [1.29, 1.82) is 0 Å². The number of aliphatic hydroxyl groups is 1. The molecule has 30 heavy (non-hydrogen) atoms. The Morgan fingerprint density at radius 2 is 1.90 bits per heavy atom. The van der Waals surface area contributed by atoms with Crippen molar-refractivity contribution in [2.75, 3.05) is 12.3 Å². The van der Waals surface area contributed by atoms with E-state index in [1.807, 2.05) is 0 Å². The van der Waals surface area contributed by atoms with Gasteiger partial charge in [0, 0.05) is 25.1 Å². The third kappa shape index (κ3) is 5.74. The Balaban J connectivity index is 1.73. The first-order valence-electron chi connectivity index (χ1n) is 9.27. The number of halogens is 2. The van der Waals surface area contributed by atoms with E-state index in [4.69, 9.17) is 4.18 Å². The zero-order valence-electron chi connectivity index (χ0n) is 16.1. The van der Waals surface area contributed by atoms with Crippen LogP contribution in [0, 0.1) is 11.6 Å². The summed E-state index contributed by atoms with van der Waals surface area (Å²) in [6.07, 6.45) is -1.17. The molecule has 0 bridgehead atoms. The van der Waals surface area contributed by atoms with Crippen molar-refractivity contribution in [3.63, 3.8) is 0 Å². The van der Waals surface area contributed by atoms with Gasteiger partial charge in [-0.05, 0) is 30.2 Å². The average molecular weight is 440 g/mol. The SMILES string of the molecule is CC(=O)N[C@@H](Cc1cc(F)cc(F)c1)[C@H](O)CNC1CS(=O)(=O)Oc2ccccc21. The molecule has 162 valence electrons.